The van der Waals surface area contributed by atoms with Crippen LogP contribution in [-0.4, -0.2) is 31.1 Å². The molecular weight excluding hydrogens is 188 g/mol. The summed E-state index contributed by atoms with van der Waals surface area (Å²) in [5.41, 5.74) is 0. The first-order chi connectivity index (χ1) is 7.11. The maximum Gasteiger partial charge on any atom is 0.284 e. The number of ether oxygens (including phenoxy) is 1. The van der Waals surface area contributed by atoms with Gasteiger partial charge in [-0.25, -0.2) is 0 Å². The van der Waals surface area contributed by atoms with Crippen LogP contribution in [-0.2, 0) is 4.74 Å². The van der Waals surface area contributed by atoms with E-state index in [0.29, 0.717) is 0 Å². The van der Waals surface area contributed by atoms with Crippen molar-refractivity contribution in [3.05, 3.63) is 12.2 Å². The quantitative estimate of drug-likeness (QED) is 0.417. The van der Waals surface area contributed by atoms with E-state index in [1.807, 2.05) is 14.1 Å². The molecule has 88 valence electrons. The summed E-state index contributed by atoms with van der Waals surface area (Å²) >= 11 is 0. The van der Waals surface area contributed by atoms with Crippen LogP contribution in [0.5, 0.6) is 0 Å². The predicted octanol–water partition coefficient (Wildman–Crippen LogP) is 3.02. The van der Waals surface area contributed by atoms with Crippen molar-refractivity contribution in [2.45, 2.75) is 45.6 Å². The average Bonchev–Trinajstić information content (AvgIpc) is 2.18. The van der Waals surface area contributed by atoms with Gasteiger partial charge in [0.15, 0.2) is 0 Å². The second kappa shape index (κ2) is 8.33. The minimum absolute atomic E-state index is 0.0523. The number of hydrogen-bond acceptors (Lipinski definition) is 2. The molecule has 0 aliphatic carbocycles. The average molecular weight is 212 g/mol. The molecule has 0 aliphatic rings. The molecule has 1 unspecified atom stereocenters. The third-order valence-electron chi connectivity index (χ3n) is 2.05. The molecule has 1 atom stereocenters. The van der Waals surface area contributed by atoms with E-state index < -0.39 is 0 Å². The van der Waals surface area contributed by atoms with Crippen molar-refractivity contribution in [3.8, 4) is 0 Å². The summed E-state index contributed by atoms with van der Waals surface area (Å²) in [6.07, 6.45) is 8.54. The first-order valence-corrected chi connectivity index (χ1v) is 5.71. The third-order valence-corrected chi connectivity index (χ3v) is 2.05. The molecule has 0 aromatic heterocycles. The fourth-order valence-electron chi connectivity index (χ4n) is 1.14. The van der Waals surface area contributed by atoms with Crippen molar-refractivity contribution in [2.24, 2.45) is 0 Å². The van der Waals surface area contributed by atoms with Gasteiger partial charge in [0.25, 0.3) is 6.02 Å². The lowest BCUT2D eigenvalue weighted by molar-refractivity contribution is 0.188. The van der Waals surface area contributed by atoms with Crippen molar-refractivity contribution < 1.29 is 4.74 Å². The van der Waals surface area contributed by atoms with Crippen LogP contribution in [0.3, 0.4) is 0 Å². The summed E-state index contributed by atoms with van der Waals surface area (Å²) in [5, 5.41) is 7.60. The van der Waals surface area contributed by atoms with E-state index in [1.54, 1.807) is 4.90 Å². The minimum Gasteiger partial charge on any atom is -0.458 e. The Labute approximate surface area is 93.6 Å². The van der Waals surface area contributed by atoms with Gasteiger partial charge < -0.3 is 9.64 Å². The summed E-state index contributed by atoms with van der Waals surface area (Å²) in [6, 6.07) is 0.231. The Morgan fingerprint density at radius 3 is 2.47 bits per heavy atom. The van der Waals surface area contributed by atoms with E-state index in [0.717, 1.165) is 25.7 Å². The third kappa shape index (κ3) is 7.00. The van der Waals surface area contributed by atoms with Crippen molar-refractivity contribution >= 4 is 6.02 Å². The first-order valence-electron chi connectivity index (χ1n) is 5.71. The molecular formula is C12H24N2O. The van der Waals surface area contributed by atoms with Gasteiger partial charge in [-0.3, -0.25) is 5.41 Å². The van der Waals surface area contributed by atoms with Crippen LogP contribution < -0.4 is 0 Å². The molecule has 0 amide bonds. The van der Waals surface area contributed by atoms with Gasteiger partial charge in [0.1, 0.15) is 6.10 Å². The van der Waals surface area contributed by atoms with Gasteiger partial charge in [-0.05, 0) is 18.9 Å². The fourth-order valence-corrected chi connectivity index (χ4v) is 1.14. The molecule has 0 bridgehead atoms. The molecule has 1 N–H and O–H groups in total. The topological polar surface area (TPSA) is 36.3 Å². The maximum atomic E-state index is 7.60. The summed E-state index contributed by atoms with van der Waals surface area (Å²) in [7, 11) is 3.64. The molecule has 3 heteroatoms. The van der Waals surface area contributed by atoms with Crippen molar-refractivity contribution in [3.63, 3.8) is 0 Å². The number of hydrogen-bond donors (Lipinski definition) is 1. The molecule has 3 nitrogen and oxygen atoms in total. The van der Waals surface area contributed by atoms with Gasteiger partial charge >= 0.3 is 0 Å². The summed E-state index contributed by atoms with van der Waals surface area (Å²) in [6.45, 7) is 4.28. The number of rotatable bonds is 6. The van der Waals surface area contributed by atoms with Gasteiger partial charge in [-0.2, -0.15) is 0 Å². The van der Waals surface area contributed by atoms with E-state index in [4.69, 9.17) is 10.1 Å². The zero-order valence-corrected chi connectivity index (χ0v) is 10.4. The summed E-state index contributed by atoms with van der Waals surface area (Å²) in [5.74, 6) is 0. The zero-order valence-electron chi connectivity index (χ0n) is 10.4. The van der Waals surface area contributed by atoms with E-state index in [-0.39, 0.29) is 12.1 Å². The Morgan fingerprint density at radius 1 is 1.33 bits per heavy atom. The Bertz CT molecular complexity index is 200. The molecule has 0 spiro atoms. The van der Waals surface area contributed by atoms with Gasteiger partial charge in [0.2, 0.25) is 0 Å². The SMILES string of the molecule is CCC/C=C/C(CCC)OC(=N)N(C)C. The summed E-state index contributed by atoms with van der Waals surface area (Å²) in [4.78, 5) is 1.68. The van der Waals surface area contributed by atoms with Gasteiger partial charge in [-0.1, -0.05) is 32.8 Å². The largest absolute Gasteiger partial charge is 0.458 e. The van der Waals surface area contributed by atoms with Crippen LogP contribution >= 0.6 is 0 Å². The lowest BCUT2D eigenvalue weighted by atomic mass is 10.2. The van der Waals surface area contributed by atoms with Crippen molar-refractivity contribution in [2.75, 3.05) is 14.1 Å². The molecule has 0 saturated carbocycles. The Kier molecular flexibility index (Phi) is 7.78. The molecule has 0 aromatic rings. The predicted molar refractivity (Wildman–Crippen MR) is 65.2 cm³/mol. The van der Waals surface area contributed by atoms with Crippen LogP contribution in [0.4, 0.5) is 0 Å². The van der Waals surface area contributed by atoms with Crippen LogP contribution in [0.15, 0.2) is 12.2 Å². The highest BCUT2D eigenvalue weighted by Crippen LogP contribution is 2.06. The first kappa shape index (κ1) is 14.0. The standard InChI is InChI=1S/C12H24N2O/c1-5-7-8-10-11(9-6-2)15-12(13)14(3)4/h8,10-11,13H,5-7,9H2,1-4H3/b10-8+,13-12?. The van der Waals surface area contributed by atoms with E-state index >= 15 is 0 Å². The van der Waals surface area contributed by atoms with Crippen molar-refractivity contribution in [1.82, 2.24) is 4.90 Å². The van der Waals surface area contributed by atoms with Crippen molar-refractivity contribution in [1.29, 1.82) is 5.41 Å². The molecule has 0 aromatic carbocycles. The zero-order chi connectivity index (χ0) is 11.7. The molecule has 0 aliphatic heterocycles. The normalized spacial score (nSPS) is 12.8. The smallest absolute Gasteiger partial charge is 0.284 e. The van der Waals surface area contributed by atoms with E-state index in [9.17, 15) is 0 Å². The molecule has 15 heavy (non-hydrogen) atoms. The maximum absolute atomic E-state index is 7.60. The highest BCUT2D eigenvalue weighted by molar-refractivity contribution is 5.69. The Hall–Kier alpha value is -0.990. The van der Waals surface area contributed by atoms with Crippen LogP contribution in [0.25, 0.3) is 0 Å². The van der Waals surface area contributed by atoms with E-state index in [1.165, 1.54) is 0 Å². The lowest BCUT2D eigenvalue weighted by Gasteiger charge is -2.19. The fraction of sp³-hybridized carbons (Fsp3) is 0.750. The number of amidine groups is 1. The molecule has 0 heterocycles. The minimum atomic E-state index is 0.0523. The highest BCUT2D eigenvalue weighted by Gasteiger charge is 2.08. The molecule has 0 saturated heterocycles. The summed E-state index contributed by atoms with van der Waals surface area (Å²) < 4.78 is 5.52. The number of nitrogens with one attached hydrogen (secondary N) is 1. The lowest BCUT2D eigenvalue weighted by Crippen LogP contribution is -2.27. The number of allylic oxidation sites excluding steroid dienone is 1. The Morgan fingerprint density at radius 2 is 2.00 bits per heavy atom. The van der Waals surface area contributed by atoms with Crippen LogP contribution in [0, 0.1) is 5.41 Å². The number of nitrogens with zero attached hydrogens (tertiary/aromatic N) is 1. The van der Waals surface area contributed by atoms with Gasteiger partial charge in [-0.15, -0.1) is 0 Å². The van der Waals surface area contributed by atoms with Gasteiger partial charge in [0, 0.05) is 14.1 Å². The van der Waals surface area contributed by atoms with E-state index in [2.05, 4.69) is 26.0 Å². The molecule has 0 radical (unpaired) electrons. The monoisotopic (exact) mass is 212 g/mol. The van der Waals surface area contributed by atoms with Gasteiger partial charge in [0.05, 0.1) is 0 Å². The molecule has 0 rings (SSSR count). The highest BCUT2D eigenvalue weighted by atomic mass is 16.5. The Balaban J connectivity index is 4.08. The second-order valence-electron chi connectivity index (χ2n) is 3.86. The second-order valence-corrected chi connectivity index (χ2v) is 3.86. The van der Waals surface area contributed by atoms with Crippen LogP contribution in [0.2, 0.25) is 0 Å². The number of unbranched alkanes of at least 4 members (excludes halogenated alkanes) is 1. The molecule has 0 fully saturated rings. The van der Waals surface area contributed by atoms with Crippen LogP contribution in [0.1, 0.15) is 39.5 Å².